The van der Waals surface area contributed by atoms with Crippen molar-refractivity contribution in [2.24, 2.45) is 5.92 Å². The monoisotopic (exact) mass is 310 g/mol. The highest BCUT2D eigenvalue weighted by molar-refractivity contribution is 7.80. The summed E-state index contributed by atoms with van der Waals surface area (Å²) in [5.41, 5.74) is 2.36. The molecular weight excluding hydrogens is 288 g/mol. The number of para-hydroxylation sites is 1. The van der Waals surface area contributed by atoms with E-state index in [1.807, 2.05) is 18.2 Å². The SMILES string of the molecule is S=C(Nc1ccccc1)N(Cc1ccccc1)CC1CCC1. The number of hydrogen-bond acceptors (Lipinski definition) is 1. The maximum Gasteiger partial charge on any atom is 0.173 e. The molecule has 1 fully saturated rings. The van der Waals surface area contributed by atoms with Gasteiger partial charge in [0.2, 0.25) is 0 Å². The quantitative estimate of drug-likeness (QED) is 0.807. The van der Waals surface area contributed by atoms with Gasteiger partial charge in [-0.3, -0.25) is 0 Å². The summed E-state index contributed by atoms with van der Waals surface area (Å²) in [6.07, 6.45) is 4.03. The molecule has 22 heavy (non-hydrogen) atoms. The van der Waals surface area contributed by atoms with Crippen molar-refractivity contribution in [1.82, 2.24) is 4.90 Å². The third-order valence-electron chi connectivity index (χ3n) is 4.23. The highest BCUT2D eigenvalue weighted by Crippen LogP contribution is 2.28. The molecule has 1 N–H and O–H groups in total. The molecule has 3 rings (SSSR count). The molecule has 1 aliphatic carbocycles. The van der Waals surface area contributed by atoms with Crippen molar-refractivity contribution in [2.45, 2.75) is 25.8 Å². The smallest absolute Gasteiger partial charge is 0.173 e. The average Bonchev–Trinajstić information content (AvgIpc) is 2.51. The Morgan fingerprint density at radius 1 is 1.00 bits per heavy atom. The Labute approximate surface area is 138 Å². The van der Waals surface area contributed by atoms with Gasteiger partial charge in [-0.1, -0.05) is 55.0 Å². The van der Waals surface area contributed by atoms with E-state index in [2.05, 4.69) is 52.7 Å². The molecule has 0 saturated heterocycles. The summed E-state index contributed by atoms with van der Waals surface area (Å²) in [6.45, 7) is 1.92. The zero-order chi connectivity index (χ0) is 15.2. The molecule has 2 aromatic carbocycles. The van der Waals surface area contributed by atoms with Gasteiger partial charge < -0.3 is 10.2 Å². The number of nitrogens with one attached hydrogen (secondary N) is 1. The Morgan fingerprint density at radius 3 is 2.23 bits per heavy atom. The molecule has 0 radical (unpaired) electrons. The van der Waals surface area contributed by atoms with E-state index >= 15 is 0 Å². The topological polar surface area (TPSA) is 15.3 Å². The molecule has 2 nitrogen and oxygen atoms in total. The predicted octanol–water partition coefficient (Wildman–Crippen LogP) is 4.69. The van der Waals surface area contributed by atoms with Crippen LogP contribution in [-0.4, -0.2) is 16.6 Å². The molecule has 114 valence electrons. The third kappa shape index (κ3) is 4.08. The van der Waals surface area contributed by atoms with Crippen LogP contribution in [0.2, 0.25) is 0 Å². The fourth-order valence-electron chi connectivity index (χ4n) is 2.73. The first-order chi connectivity index (χ1) is 10.8. The second-order valence-corrected chi connectivity index (χ2v) is 6.35. The Kier molecular flexibility index (Phi) is 5.07. The summed E-state index contributed by atoms with van der Waals surface area (Å²) in [6, 6.07) is 20.7. The van der Waals surface area contributed by atoms with Crippen LogP contribution in [0.5, 0.6) is 0 Å². The Morgan fingerprint density at radius 2 is 1.64 bits per heavy atom. The molecule has 0 unspecified atom stereocenters. The maximum absolute atomic E-state index is 5.66. The van der Waals surface area contributed by atoms with Crippen molar-refractivity contribution in [3.8, 4) is 0 Å². The molecular formula is C19H22N2S. The number of hydrogen-bond donors (Lipinski definition) is 1. The summed E-state index contributed by atoms with van der Waals surface area (Å²) >= 11 is 5.66. The average molecular weight is 310 g/mol. The van der Waals surface area contributed by atoms with Gasteiger partial charge in [0.05, 0.1) is 0 Å². The van der Waals surface area contributed by atoms with Gasteiger partial charge in [0.25, 0.3) is 0 Å². The normalized spacial score (nSPS) is 14.2. The van der Waals surface area contributed by atoms with E-state index < -0.39 is 0 Å². The first-order valence-corrected chi connectivity index (χ1v) is 8.37. The standard InChI is InChI=1S/C19H22N2S/c22-19(20-18-12-5-2-6-13-18)21(15-17-10-7-11-17)14-16-8-3-1-4-9-16/h1-6,8-9,12-13,17H,7,10-11,14-15H2,(H,20,22). The number of thiocarbonyl (C=S) groups is 1. The number of rotatable bonds is 5. The van der Waals surface area contributed by atoms with Crippen molar-refractivity contribution in [3.05, 3.63) is 66.2 Å². The largest absolute Gasteiger partial charge is 0.344 e. The van der Waals surface area contributed by atoms with Crippen LogP contribution < -0.4 is 5.32 Å². The minimum Gasteiger partial charge on any atom is -0.344 e. The van der Waals surface area contributed by atoms with E-state index in [1.54, 1.807) is 0 Å². The van der Waals surface area contributed by atoms with E-state index in [9.17, 15) is 0 Å². The highest BCUT2D eigenvalue weighted by atomic mass is 32.1. The number of anilines is 1. The van der Waals surface area contributed by atoms with Crippen LogP contribution in [0.15, 0.2) is 60.7 Å². The van der Waals surface area contributed by atoms with Crippen LogP contribution in [0.3, 0.4) is 0 Å². The Bertz CT molecular complexity index is 593. The molecule has 0 atom stereocenters. The van der Waals surface area contributed by atoms with Gasteiger partial charge in [0.1, 0.15) is 0 Å². The molecule has 0 amide bonds. The van der Waals surface area contributed by atoms with Gasteiger partial charge in [0.15, 0.2) is 5.11 Å². The molecule has 3 heteroatoms. The van der Waals surface area contributed by atoms with E-state index in [1.165, 1.54) is 24.8 Å². The van der Waals surface area contributed by atoms with E-state index in [0.717, 1.165) is 29.8 Å². The number of benzene rings is 2. The van der Waals surface area contributed by atoms with Crippen LogP contribution in [0.4, 0.5) is 5.69 Å². The summed E-state index contributed by atoms with van der Waals surface area (Å²) in [5, 5.41) is 4.19. The molecule has 0 spiro atoms. The lowest BCUT2D eigenvalue weighted by Gasteiger charge is -2.34. The van der Waals surface area contributed by atoms with Crippen LogP contribution in [-0.2, 0) is 6.54 Å². The van der Waals surface area contributed by atoms with Crippen molar-refractivity contribution in [3.63, 3.8) is 0 Å². The second kappa shape index (κ2) is 7.41. The fraction of sp³-hybridized carbons (Fsp3) is 0.316. The second-order valence-electron chi connectivity index (χ2n) is 5.96. The lowest BCUT2D eigenvalue weighted by Crippen LogP contribution is -2.39. The number of nitrogens with zero attached hydrogens (tertiary/aromatic N) is 1. The molecule has 0 heterocycles. The molecule has 0 bridgehead atoms. The molecule has 0 aromatic heterocycles. The van der Waals surface area contributed by atoms with Crippen molar-refractivity contribution in [2.75, 3.05) is 11.9 Å². The third-order valence-corrected chi connectivity index (χ3v) is 4.59. The van der Waals surface area contributed by atoms with Crippen molar-refractivity contribution >= 4 is 23.0 Å². The van der Waals surface area contributed by atoms with Crippen LogP contribution in [0, 0.1) is 5.92 Å². The van der Waals surface area contributed by atoms with Crippen molar-refractivity contribution < 1.29 is 0 Å². The van der Waals surface area contributed by atoms with Gasteiger partial charge in [-0.05, 0) is 48.7 Å². The summed E-state index contributed by atoms with van der Waals surface area (Å²) in [5.74, 6) is 0.791. The summed E-state index contributed by atoms with van der Waals surface area (Å²) in [4.78, 5) is 2.31. The molecule has 1 aliphatic rings. The summed E-state index contributed by atoms with van der Waals surface area (Å²) in [7, 11) is 0. The molecule has 0 aliphatic heterocycles. The van der Waals surface area contributed by atoms with Crippen LogP contribution in [0.1, 0.15) is 24.8 Å². The summed E-state index contributed by atoms with van der Waals surface area (Å²) < 4.78 is 0. The van der Waals surface area contributed by atoms with Gasteiger partial charge in [-0.15, -0.1) is 0 Å². The zero-order valence-corrected chi connectivity index (χ0v) is 13.6. The first-order valence-electron chi connectivity index (χ1n) is 7.96. The van der Waals surface area contributed by atoms with Crippen LogP contribution >= 0.6 is 12.2 Å². The van der Waals surface area contributed by atoms with E-state index in [4.69, 9.17) is 12.2 Å². The highest BCUT2D eigenvalue weighted by Gasteiger charge is 2.22. The van der Waals surface area contributed by atoms with Crippen LogP contribution in [0.25, 0.3) is 0 Å². The van der Waals surface area contributed by atoms with Gasteiger partial charge in [-0.2, -0.15) is 0 Å². The lowest BCUT2D eigenvalue weighted by atomic mass is 9.85. The maximum atomic E-state index is 5.66. The Hall–Kier alpha value is -1.87. The van der Waals surface area contributed by atoms with Gasteiger partial charge in [0, 0.05) is 18.8 Å². The minimum atomic E-state index is 0.791. The van der Waals surface area contributed by atoms with Gasteiger partial charge in [-0.25, -0.2) is 0 Å². The molecule has 1 saturated carbocycles. The van der Waals surface area contributed by atoms with Crippen molar-refractivity contribution in [1.29, 1.82) is 0 Å². The predicted molar refractivity (Wildman–Crippen MR) is 96.9 cm³/mol. The lowest BCUT2D eigenvalue weighted by molar-refractivity contribution is 0.237. The fourth-order valence-corrected chi connectivity index (χ4v) is 2.99. The Balaban J connectivity index is 1.68. The minimum absolute atomic E-state index is 0.791. The first kappa shape index (κ1) is 15.0. The van der Waals surface area contributed by atoms with E-state index in [-0.39, 0.29) is 0 Å². The van der Waals surface area contributed by atoms with Gasteiger partial charge >= 0.3 is 0 Å². The zero-order valence-electron chi connectivity index (χ0n) is 12.7. The van der Waals surface area contributed by atoms with E-state index in [0.29, 0.717) is 0 Å². The molecule has 2 aromatic rings.